The van der Waals surface area contributed by atoms with Gasteiger partial charge in [-0.25, -0.2) is 9.37 Å². The van der Waals surface area contributed by atoms with Crippen LogP contribution in [-0.2, 0) is 0 Å². The van der Waals surface area contributed by atoms with Crippen molar-refractivity contribution in [3.05, 3.63) is 96.1 Å². The first-order valence-electron chi connectivity index (χ1n) is 9.91. The largest absolute Gasteiger partial charge is 0.319 e. The van der Waals surface area contributed by atoms with Crippen molar-refractivity contribution >= 4 is 22.5 Å². The molecule has 156 valence electrons. The van der Waals surface area contributed by atoms with Crippen LogP contribution in [0.1, 0.15) is 16.2 Å². The van der Waals surface area contributed by atoms with Gasteiger partial charge in [0.2, 0.25) is 0 Å². The molecule has 1 N–H and O–H groups in total. The van der Waals surface area contributed by atoms with Gasteiger partial charge in [0.15, 0.2) is 5.82 Å². The van der Waals surface area contributed by atoms with E-state index in [0.29, 0.717) is 33.7 Å². The second-order valence-corrected chi connectivity index (χ2v) is 7.19. The highest BCUT2D eigenvalue weighted by molar-refractivity contribution is 6.13. The summed E-state index contributed by atoms with van der Waals surface area (Å²) in [5, 5.41) is 14.7. The molecule has 0 fully saturated rings. The zero-order valence-corrected chi connectivity index (χ0v) is 17.0. The molecule has 2 aromatic heterocycles. The van der Waals surface area contributed by atoms with E-state index in [1.807, 2.05) is 54.6 Å². The number of pyridine rings is 1. The number of anilines is 1. The fourth-order valence-electron chi connectivity index (χ4n) is 3.52. The van der Waals surface area contributed by atoms with Gasteiger partial charge in [0.05, 0.1) is 28.1 Å². The van der Waals surface area contributed by atoms with E-state index >= 15 is 0 Å². The lowest BCUT2D eigenvalue weighted by Gasteiger charge is -2.12. The van der Waals surface area contributed by atoms with Gasteiger partial charge in [-0.2, -0.15) is 4.68 Å². The monoisotopic (exact) mass is 424 g/mol. The second-order valence-electron chi connectivity index (χ2n) is 7.19. The number of nitrogens with zero attached hydrogens (tertiary/aromatic N) is 5. The molecule has 1 amide bonds. The normalized spacial score (nSPS) is 10.9. The zero-order chi connectivity index (χ0) is 22.1. The maximum absolute atomic E-state index is 14.6. The number of tetrazole rings is 1. The van der Waals surface area contributed by atoms with Crippen molar-refractivity contribution in [2.24, 2.45) is 0 Å². The first kappa shape index (κ1) is 19.5. The van der Waals surface area contributed by atoms with E-state index in [1.54, 1.807) is 19.1 Å². The molecule has 0 radical (unpaired) electrons. The number of carbonyl (C=O) groups excluding carboxylic acids is 1. The van der Waals surface area contributed by atoms with E-state index in [2.05, 4.69) is 20.8 Å². The highest BCUT2D eigenvalue weighted by atomic mass is 19.1. The van der Waals surface area contributed by atoms with Crippen LogP contribution in [0.3, 0.4) is 0 Å². The van der Waals surface area contributed by atoms with Gasteiger partial charge in [-0.1, -0.05) is 48.5 Å². The SMILES string of the molecule is Cc1nnnn1-c1ccc(F)c(NC(=O)c2cc(-c3ccccc3)nc3ccccc23)c1. The van der Waals surface area contributed by atoms with Gasteiger partial charge in [-0.05, 0) is 47.7 Å². The average Bonchev–Trinajstić information content (AvgIpc) is 3.26. The Bertz CT molecular complexity index is 1450. The number of halogens is 1. The molecule has 0 aliphatic rings. The molecule has 0 unspecified atom stereocenters. The van der Waals surface area contributed by atoms with Gasteiger partial charge in [0.1, 0.15) is 5.82 Å². The zero-order valence-electron chi connectivity index (χ0n) is 17.0. The molecule has 7 nitrogen and oxygen atoms in total. The number of benzene rings is 3. The van der Waals surface area contributed by atoms with Crippen LogP contribution >= 0.6 is 0 Å². The van der Waals surface area contributed by atoms with Crippen LogP contribution in [0, 0.1) is 12.7 Å². The molecular weight excluding hydrogens is 407 g/mol. The van der Waals surface area contributed by atoms with Crippen molar-refractivity contribution in [1.82, 2.24) is 25.2 Å². The van der Waals surface area contributed by atoms with Gasteiger partial charge >= 0.3 is 0 Å². The molecule has 2 heterocycles. The first-order valence-corrected chi connectivity index (χ1v) is 9.91. The summed E-state index contributed by atoms with van der Waals surface area (Å²) < 4.78 is 16.0. The average molecular weight is 424 g/mol. The van der Waals surface area contributed by atoms with Crippen molar-refractivity contribution in [3.8, 4) is 16.9 Å². The summed E-state index contributed by atoms with van der Waals surface area (Å²) in [5.74, 6) is -0.457. The van der Waals surface area contributed by atoms with Crippen molar-refractivity contribution in [2.45, 2.75) is 6.92 Å². The van der Waals surface area contributed by atoms with E-state index in [0.717, 1.165) is 5.56 Å². The molecule has 8 heteroatoms. The second kappa shape index (κ2) is 7.99. The maximum Gasteiger partial charge on any atom is 0.256 e. The van der Waals surface area contributed by atoms with E-state index in [4.69, 9.17) is 4.98 Å². The molecule has 0 saturated carbocycles. The fraction of sp³-hybridized carbons (Fsp3) is 0.0417. The summed E-state index contributed by atoms with van der Waals surface area (Å²) in [6, 6.07) is 23.0. The van der Waals surface area contributed by atoms with Gasteiger partial charge in [0, 0.05) is 10.9 Å². The molecular formula is C24H17FN6O. The predicted molar refractivity (Wildman–Crippen MR) is 119 cm³/mol. The van der Waals surface area contributed by atoms with Crippen molar-refractivity contribution < 1.29 is 9.18 Å². The van der Waals surface area contributed by atoms with Crippen molar-refractivity contribution in [3.63, 3.8) is 0 Å². The number of fused-ring (bicyclic) bond motifs is 1. The van der Waals surface area contributed by atoms with Gasteiger partial charge < -0.3 is 5.32 Å². The number of para-hydroxylation sites is 1. The third-order valence-electron chi connectivity index (χ3n) is 5.10. The molecule has 0 atom stereocenters. The predicted octanol–water partition coefficient (Wildman–Crippen LogP) is 4.58. The minimum Gasteiger partial charge on any atom is -0.319 e. The summed E-state index contributed by atoms with van der Waals surface area (Å²) in [6.45, 7) is 1.73. The van der Waals surface area contributed by atoms with Crippen LogP contribution < -0.4 is 5.32 Å². The van der Waals surface area contributed by atoms with Crippen LogP contribution in [0.15, 0.2) is 78.9 Å². The molecule has 5 rings (SSSR count). The Morgan fingerprint density at radius 3 is 2.53 bits per heavy atom. The molecule has 5 aromatic rings. The number of aromatic nitrogens is 5. The highest BCUT2D eigenvalue weighted by Crippen LogP contribution is 2.26. The lowest BCUT2D eigenvalue weighted by Crippen LogP contribution is -2.14. The number of hydrogen-bond donors (Lipinski definition) is 1. The fourth-order valence-corrected chi connectivity index (χ4v) is 3.52. The van der Waals surface area contributed by atoms with E-state index in [1.165, 1.54) is 16.8 Å². The molecule has 0 bridgehead atoms. The number of carbonyl (C=O) groups is 1. The minimum atomic E-state index is -0.561. The third-order valence-corrected chi connectivity index (χ3v) is 5.10. The Labute approximate surface area is 182 Å². The Balaban J connectivity index is 1.57. The van der Waals surface area contributed by atoms with Gasteiger partial charge in [-0.3, -0.25) is 4.79 Å². The molecule has 0 spiro atoms. The van der Waals surface area contributed by atoms with Crippen molar-refractivity contribution in [1.29, 1.82) is 0 Å². The lowest BCUT2D eigenvalue weighted by atomic mass is 10.0. The smallest absolute Gasteiger partial charge is 0.256 e. The van der Waals surface area contributed by atoms with Crippen LogP contribution in [0.2, 0.25) is 0 Å². The molecule has 32 heavy (non-hydrogen) atoms. The number of aryl methyl sites for hydroxylation is 1. The Morgan fingerprint density at radius 2 is 1.75 bits per heavy atom. The number of rotatable bonds is 4. The van der Waals surface area contributed by atoms with E-state index < -0.39 is 11.7 Å². The maximum atomic E-state index is 14.6. The number of nitrogens with one attached hydrogen (secondary N) is 1. The summed E-state index contributed by atoms with van der Waals surface area (Å²) in [4.78, 5) is 18.0. The topological polar surface area (TPSA) is 85.6 Å². The van der Waals surface area contributed by atoms with Crippen LogP contribution in [0.25, 0.3) is 27.8 Å². The van der Waals surface area contributed by atoms with Crippen molar-refractivity contribution in [2.75, 3.05) is 5.32 Å². The van der Waals surface area contributed by atoms with Crippen LogP contribution in [0.4, 0.5) is 10.1 Å². The Hall–Kier alpha value is -4.46. The molecule has 0 aliphatic heterocycles. The van der Waals surface area contributed by atoms with E-state index in [-0.39, 0.29) is 5.69 Å². The summed E-state index contributed by atoms with van der Waals surface area (Å²) >= 11 is 0. The molecule has 3 aromatic carbocycles. The quantitative estimate of drug-likeness (QED) is 0.457. The minimum absolute atomic E-state index is 0.0320. The molecule has 0 saturated heterocycles. The Kier molecular flexibility index (Phi) is 4.87. The highest BCUT2D eigenvalue weighted by Gasteiger charge is 2.17. The number of hydrogen-bond acceptors (Lipinski definition) is 5. The van der Waals surface area contributed by atoms with Gasteiger partial charge in [-0.15, -0.1) is 5.10 Å². The molecule has 0 aliphatic carbocycles. The van der Waals surface area contributed by atoms with E-state index in [9.17, 15) is 9.18 Å². The third kappa shape index (κ3) is 3.58. The first-order chi connectivity index (χ1) is 15.6. The summed E-state index contributed by atoms with van der Waals surface area (Å²) in [6.07, 6.45) is 0. The summed E-state index contributed by atoms with van der Waals surface area (Å²) in [7, 11) is 0. The van der Waals surface area contributed by atoms with Crippen LogP contribution in [-0.4, -0.2) is 31.1 Å². The summed E-state index contributed by atoms with van der Waals surface area (Å²) in [5.41, 5.74) is 3.19. The standard InChI is InChI=1S/C24H17FN6O/c1-15-28-29-30-31(15)17-11-12-20(25)23(13-17)27-24(32)19-14-22(16-7-3-2-4-8-16)26-21-10-6-5-9-18(19)21/h2-14H,1H3,(H,27,32). The Morgan fingerprint density at radius 1 is 0.969 bits per heavy atom. The lowest BCUT2D eigenvalue weighted by molar-refractivity contribution is 0.102. The number of amides is 1. The van der Waals surface area contributed by atoms with Gasteiger partial charge in [0.25, 0.3) is 5.91 Å². The van der Waals surface area contributed by atoms with Crippen LogP contribution in [0.5, 0.6) is 0 Å².